The van der Waals surface area contributed by atoms with Gasteiger partial charge in [0, 0.05) is 113 Å². The number of ether oxygens (including phenoxy) is 8. The Morgan fingerprint density at radius 1 is 0.359 bits per heavy atom. The van der Waals surface area contributed by atoms with E-state index in [9.17, 15) is 19.8 Å². The second-order valence-corrected chi connectivity index (χ2v) is 31.0. The first-order valence-corrected chi connectivity index (χ1v) is 45.4. The van der Waals surface area contributed by atoms with Crippen molar-refractivity contribution in [1.82, 2.24) is 70.4 Å². The Morgan fingerprint density at radius 2 is 0.641 bits per heavy atom. The van der Waals surface area contributed by atoms with Crippen molar-refractivity contribution in [2.24, 2.45) is 0 Å². The van der Waals surface area contributed by atoms with Gasteiger partial charge in [0.1, 0.15) is 34.2 Å². The Labute approximate surface area is 772 Å². The van der Waals surface area contributed by atoms with Gasteiger partial charge in [-0.05, 0) is 140 Å². The third-order valence-electron chi connectivity index (χ3n) is 22.9. The van der Waals surface area contributed by atoms with E-state index in [2.05, 4.69) is 181 Å². The molecule has 706 valence electrons. The topological polar surface area (TPSA) is 364 Å². The number of carbonyl (C=O) groups is 2. The molecule has 4 aliphatic carbocycles. The molecule has 30 nitrogen and oxygen atoms in total. The number of carboxylic acid groups (broad SMARTS) is 2. The third kappa shape index (κ3) is 34.9. The van der Waals surface area contributed by atoms with Crippen LogP contribution in [-0.2, 0) is 96.1 Å². The molecule has 10 aromatic rings. The van der Waals surface area contributed by atoms with Crippen LogP contribution in [0.2, 0.25) is 0 Å². The minimum Gasteiger partial charge on any atom is -0.477 e. The number of nitrogens with zero attached hydrogens (tertiary/aromatic N) is 12. The number of carbonyl (C=O) groups excluding carboxylic acids is 4. The molecule has 6 unspecified atom stereocenters. The number of pyridine rings is 4. The maximum absolute atomic E-state index is 11.3. The van der Waals surface area contributed by atoms with Crippen LogP contribution in [0.3, 0.4) is 0 Å². The Bertz CT molecular complexity index is 4770. The van der Waals surface area contributed by atoms with Crippen molar-refractivity contribution in [1.29, 1.82) is 0 Å². The first-order chi connectivity index (χ1) is 63.4. The molecule has 6 atom stereocenters. The van der Waals surface area contributed by atoms with E-state index in [1.807, 2.05) is 88.6 Å². The van der Waals surface area contributed by atoms with E-state index in [-0.39, 0.29) is 63.0 Å². The number of aromatic amines is 2. The molecule has 8 heterocycles. The maximum Gasteiger partial charge on any atom is 0.373 e. The third-order valence-corrected chi connectivity index (χ3v) is 22.9. The number of nitrogens with one attached hydrogen (secondary N) is 2. The van der Waals surface area contributed by atoms with E-state index in [4.69, 9.17) is 57.1 Å². The lowest BCUT2D eigenvalue weighted by atomic mass is 9.81. The fourth-order valence-electron chi connectivity index (χ4n) is 16.5. The zero-order chi connectivity index (χ0) is 91.4. The number of carboxylic acids is 2. The predicted octanol–water partition coefficient (Wildman–Crippen LogP) is 15.9. The van der Waals surface area contributed by atoms with Crippen molar-refractivity contribution in [3.63, 3.8) is 0 Å². The fraction of sp³-hybridized carbons (Fsp3) is 0.485. The summed E-state index contributed by atoms with van der Waals surface area (Å²) >= 11 is 0. The molecule has 131 heavy (non-hydrogen) atoms. The van der Waals surface area contributed by atoms with Crippen LogP contribution < -0.4 is 0 Å². The van der Waals surface area contributed by atoms with E-state index >= 15 is 0 Å². The normalized spacial score (nSPS) is 19.4. The van der Waals surface area contributed by atoms with Gasteiger partial charge in [-0.15, -0.1) is 0 Å². The monoisotopic (exact) mass is 1800 g/mol. The van der Waals surface area contributed by atoms with E-state index in [0.717, 1.165) is 150 Å². The summed E-state index contributed by atoms with van der Waals surface area (Å²) < 4.78 is 48.8. The zero-order valence-corrected chi connectivity index (χ0v) is 75.5. The lowest BCUT2D eigenvalue weighted by Gasteiger charge is -2.33. The average Bonchev–Trinajstić information content (AvgIpc) is 1.76. The van der Waals surface area contributed by atoms with Crippen LogP contribution in [0, 0.1) is 0 Å². The molecule has 2 saturated carbocycles. The Morgan fingerprint density at radius 3 is 0.962 bits per heavy atom. The summed E-state index contributed by atoms with van der Waals surface area (Å²) in [6.07, 6.45) is 16.3. The largest absolute Gasteiger partial charge is 0.477 e. The van der Waals surface area contributed by atoms with Crippen LogP contribution in [0.4, 0.5) is 0 Å². The first kappa shape index (κ1) is 107. The van der Waals surface area contributed by atoms with Crippen molar-refractivity contribution >= 4 is 24.2 Å². The second kappa shape index (κ2) is 61.6. The van der Waals surface area contributed by atoms with Crippen LogP contribution >= 0.6 is 0 Å². The SMILES string of the molecule is C.C.CC.CC.CCC1Cc2ccccc2-c2n[nH]nc2-c2ccccc21.CCC1Cc2ccccc2-c2n[nH]nc2-c2ccccc21.O=C(O)c1cccc(CN2CCOCCOCCN(Cc3ccccn3)CCOC3CCCC3OCC2)n1.O=C(O)c1cccc(CN2CCOCCOCCN(Cc3ccccn3)CCOC3CCCCC3OCC2)n1.O=C=O.O=C=O. The summed E-state index contributed by atoms with van der Waals surface area (Å²) in [5, 5.41) is 41.9. The van der Waals surface area contributed by atoms with Crippen molar-refractivity contribution in [3.05, 3.63) is 239 Å². The van der Waals surface area contributed by atoms with E-state index < -0.39 is 11.9 Å². The molecule has 4 N–H and O–H groups in total. The van der Waals surface area contributed by atoms with Crippen LogP contribution in [0.15, 0.2) is 182 Å². The second-order valence-electron chi connectivity index (χ2n) is 31.0. The summed E-state index contributed by atoms with van der Waals surface area (Å²) in [6.45, 7) is 27.9. The molecule has 4 fully saturated rings. The van der Waals surface area contributed by atoms with Gasteiger partial charge >= 0.3 is 24.2 Å². The quantitative estimate of drug-likeness (QED) is 0.0882. The minimum atomic E-state index is -1.02. The molecule has 4 aromatic carbocycles. The van der Waals surface area contributed by atoms with Crippen molar-refractivity contribution < 1.29 is 76.9 Å². The molecule has 0 spiro atoms. The van der Waals surface area contributed by atoms with Gasteiger partial charge in [0.05, 0.1) is 126 Å². The molecule has 0 amide bonds. The highest BCUT2D eigenvalue weighted by Crippen LogP contribution is 2.43. The van der Waals surface area contributed by atoms with E-state index in [1.165, 1.54) is 56.6 Å². The van der Waals surface area contributed by atoms with Crippen LogP contribution in [0.25, 0.3) is 45.0 Å². The Balaban J connectivity index is 0.000000236. The molecular weight excluding hydrogens is 1670 g/mol. The zero-order valence-electron chi connectivity index (χ0n) is 75.5. The minimum absolute atomic E-state index is 0. The van der Waals surface area contributed by atoms with Gasteiger partial charge in [0.2, 0.25) is 0 Å². The van der Waals surface area contributed by atoms with Gasteiger partial charge in [-0.25, -0.2) is 19.6 Å². The average molecular weight is 1800 g/mol. The molecule has 6 aliphatic rings. The van der Waals surface area contributed by atoms with Crippen molar-refractivity contribution in [3.8, 4) is 45.0 Å². The van der Waals surface area contributed by atoms with Gasteiger partial charge in [-0.1, -0.05) is 191 Å². The van der Waals surface area contributed by atoms with Gasteiger partial charge in [-0.3, -0.25) is 29.6 Å². The van der Waals surface area contributed by atoms with Crippen molar-refractivity contribution in [2.75, 3.05) is 132 Å². The van der Waals surface area contributed by atoms with Crippen LogP contribution in [0.1, 0.15) is 192 Å². The van der Waals surface area contributed by atoms with Gasteiger partial charge in [0.15, 0.2) is 0 Å². The predicted molar refractivity (Wildman–Crippen MR) is 501 cm³/mol. The van der Waals surface area contributed by atoms with Crippen molar-refractivity contribution in [2.45, 2.75) is 189 Å². The summed E-state index contributed by atoms with van der Waals surface area (Å²) in [4.78, 5) is 81.7. The van der Waals surface area contributed by atoms with Gasteiger partial charge < -0.3 is 48.1 Å². The molecular formula is C101H136N14O16. The molecule has 16 rings (SSSR count). The number of H-pyrrole nitrogens is 2. The highest BCUT2D eigenvalue weighted by molar-refractivity contribution is 5.86. The molecule has 2 aliphatic heterocycles. The maximum atomic E-state index is 11.3. The smallest absolute Gasteiger partial charge is 0.373 e. The van der Waals surface area contributed by atoms with Crippen LogP contribution in [-0.4, -0.2) is 261 Å². The van der Waals surface area contributed by atoms with Gasteiger partial charge in [0.25, 0.3) is 0 Å². The highest BCUT2D eigenvalue weighted by Gasteiger charge is 2.32. The summed E-state index contributed by atoms with van der Waals surface area (Å²) in [7, 11) is 0. The lowest BCUT2D eigenvalue weighted by molar-refractivity contribution is -0.193. The van der Waals surface area contributed by atoms with Gasteiger partial charge in [-0.2, -0.15) is 50.0 Å². The fourth-order valence-corrected chi connectivity index (χ4v) is 16.5. The number of aromatic carboxylic acids is 2. The number of rotatable bonds is 12. The number of aromatic nitrogens is 10. The van der Waals surface area contributed by atoms with Crippen LogP contribution in [0.5, 0.6) is 0 Å². The Hall–Kier alpha value is -11.0. The molecule has 0 radical (unpaired) electrons. The molecule has 2 saturated heterocycles. The summed E-state index contributed by atoms with van der Waals surface area (Å²) in [5.74, 6) is -1.00. The highest BCUT2D eigenvalue weighted by atomic mass is 16.6. The number of benzene rings is 4. The summed E-state index contributed by atoms with van der Waals surface area (Å²) in [5.41, 5.74) is 17.8. The summed E-state index contributed by atoms with van der Waals surface area (Å²) in [6, 6.07) is 56.5. The van der Waals surface area contributed by atoms with E-state index in [1.54, 1.807) is 12.1 Å². The first-order valence-electron chi connectivity index (χ1n) is 45.4. The molecule has 0 bridgehead atoms. The molecule has 30 heteroatoms. The number of hydrogen-bond acceptors (Lipinski definition) is 26. The van der Waals surface area contributed by atoms with E-state index in [0.29, 0.717) is 136 Å². The molecule has 6 aromatic heterocycles. The standard InChI is InChI=1S/C29H42N4O6.C28H40N4O6.2C18H17N3.2C2H6.2CO2.2CH4/c34-29(35)26-8-5-7-25(31-26)23-33-13-17-37-21-20-36-16-12-32(22-24-6-3-4-11-30-24)14-18-38-27-9-1-2-10-28(27)39-19-15-33;33-28(34)25-7-3-6-24(30-25)22-32-12-16-36-20-19-35-15-11-31(21-23-5-1-2-10-29-23)13-17-37-26-8-4-9-27(26)38-18-14-32;2*1-2-12-11-13-7-3-4-9-15(13)17-18(20-21-19-17)16-10-6-5-8-14(12)16;2*1-2;2*2-1-3;;/h3-8,11,27-28H,1-2,9-10,12-23H2,(H,34,35);1-3,5-7,10,26-27H,4,8-9,11-22H2,(H,33,34);2*3-10,12H,2,11H2,1H3,(H,19,20,21);2*1-2H3;;;2*1H4. The number of fused-ring (bicyclic) bond motifs is 12. The number of hydrogen-bond donors (Lipinski definition) is 4. The lowest BCUT2D eigenvalue weighted by Crippen LogP contribution is -2.39. The Kier molecular flexibility index (Phi) is 50.3.